The van der Waals surface area contributed by atoms with Gasteiger partial charge in [0.25, 0.3) is 5.91 Å². The molecule has 5 heteroatoms. The Labute approximate surface area is 114 Å². The first-order valence-corrected chi connectivity index (χ1v) is 5.85. The van der Waals surface area contributed by atoms with Gasteiger partial charge in [0.15, 0.2) is 17.4 Å². The van der Waals surface area contributed by atoms with Gasteiger partial charge in [-0.1, -0.05) is 12.1 Å². The number of halogens is 2. The first kappa shape index (κ1) is 13.9. The highest BCUT2D eigenvalue weighted by Gasteiger charge is 2.10. The second-order valence-corrected chi connectivity index (χ2v) is 4.22. The zero-order chi connectivity index (χ0) is 14.7. The van der Waals surface area contributed by atoms with Gasteiger partial charge in [-0.2, -0.15) is 0 Å². The Morgan fingerprint density at radius 3 is 2.35 bits per heavy atom. The number of rotatable bonds is 3. The zero-order valence-corrected chi connectivity index (χ0v) is 10.6. The fraction of sp³-hybridized carbons (Fsp3) is 0.0667. The van der Waals surface area contributed by atoms with Crippen LogP contribution in [0.4, 0.5) is 14.5 Å². The highest BCUT2D eigenvalue weighted by molar-refractivity contribution is 6.05. The van der Waals surface area contributed by atoms with Crippen molar-refractivity contribution in [1.82, 2.24) is 0 Å². The molecule has 0 radical (unpaired) electrons. The molecule has 20 heavy (non-hydrogen) atoms. The minimum absolute atomic E-state index is 0.00266. The van der Waals surface area contributed by atoms with Gasteiger partial charge in [0.1, 0.15) is 0 Å². The molecule has 2 rings (SSSR count). The summed E-state index contributed by atoms with van der Waals surface area (Å²) < 4.78 is 25.8. The number of anilines is 1. The molecule has 0 saturated carbocycles. The lowest BCUT2D eigenvalue weighted by Gasteiger charge is -2.06. The minimum Gasteiger partial charge on any atom is -0.322 e. The summed E-state index contributed by atoms with van der Waals surface area (Å²) in [5.41, 5.74) is 0.859. The maximum atomic E-state index is 13.0. The fourth-order valence-corrected chi connectivity index (χ4v) is 1.66. The Bertz CT molecular complexity index is 683. The van der Waals surface area contributed by atoms with Crippen molar-refractivity contribution in [2.24, 2.45) is 0 Å². The van der Waals surface area contributed by atoms with Gasteiger partial charge < -0.3 is 5.32 Å². The van der Waals surface area contributed by atoms with E-state index in [1.165, 1.54) is 19.1 Å². The van der Waals surface area contributed by atoms with Crippen LogP contribution >= 0.6 is 0 Å². The van der Waals surface area contributed by atoms with E-state index in [9.17, 15) is 18.4 Å². The van der Waals surface area contributed by atoms with Crippen LogP contribution in [0, 0.1) is 11.6 Å². The number of benzene rings is 2. The molecule has 0 aliphatic carbocycles. The van der Waals surface area contributed by atoms with Gasteiger partial charge >= 0.3 is 0 Å². The van der Waals surface area contributed by atoms with Crippen molar-refractivity contribution in [2.75, 3.05) is 5.32 Å². The lowest BCUT2D eigenvalue weighted by atomic mass is 10.1. The van der Waals surface area contributed by atoms with Gasteiger partial charge in [0.2, 0.25) is 0 Å². The normalized spacial score (nSPS) is 10.2. The van der Waals surface area contributed by atoms with Gasteiger partial charge in [0, 0.05) is 16.8 Å². The van der Waals surface area contributed by atoms with Gasteiger partial charge in [-0.05, 0) is 37.3 Å². The summed E-state index contributed by atoms with van der Waals surface area (Å²) >= 11 is 0. The molecule has 1 N–H and O–H groups in total. The molecule has 3 nitrogen and oxygen atoms in total. The number of ketones is 1. The van der Waals surface area contributed by atoms with E-state index < -0.39 is 17.5 Å². The lowest BCUT2D eigenvalue weighted by molar-refractivity contribution is 0.101. The molecule has 0 bridgehead atoms. The first-order valence-electron chi connectivity index (χ1n) is 5.85. The largest absolute Gasteiger partial charge is 0.322 e. The molecule has 0 unspecified atom stereocenters. The molecule has 2 aromatic rings. The maximum Gasteiger partial charge on any atom is 0.255 e. The number of nitrogens with one attached hydrogen (secondary N) is 1. The van der Waals surface area contributed by atoms with E-state index >= 15 is 0 Å². The molecule has 102 valence electrons. The molecule has 1 amide bonds. The molecule has 2 aromatic carbocycles. The summed E-state index contributed by atoms with van der Waals surface area (Å²) in [6, 6.07) is 9.25. The van der Waals surface area contributed by atoms with Crippen LogP contribution in [0.5, 0.6) is 0 Å². The number of Topliss-reactive ketones (excluding diaryl/α,β-unsaturated/α-hetero) is 1. The van der Waals surface area contributed by atoms with Crippen LogP contribution < -0.4 is 5.32 Å². The summed E-state index contributed by atoms with van der Waals surface area (Å²) in [6.07, 6.45) is 0. The van der Waals surface area contributed by atoms with Crippen LogP contribution in [0.1, 0.15) is 27.6 Å². The van der Waals surface area contributed by atoms with E-state index in [2.05, 4.69) is 5.32 Å². The minimum atomic E-state index is -1.09. The number of amides is 1. The molecular formula is C15H11F2NO2. The average molecular weight is 275 g/mol. The second-order valence-electron chi connectivity index (χ2n) is 4.22. The molecule has 0 saturated heterocycles. The monoisotopic (exact) mass is 275 g/mol. The molecule has 0 aliphatic heterocycles. The van der Waals surface area contributed by atoms with Crippen LogP contribution in [-0.2, 0) is 0 Å². The molecule has 0 fully saturated rings. The van der Waals surface area contributed by atoms with Crippen LogP contribution in [0.3, 0.4) is 0 Å². The summed E-state index contributed by atoms with van der Waals surface area (Å²) in [6.45, 7) is 1.41. The summed E-state index contributed by atoms with van der Waals surface area (Å²) in [7, 11) is 0. The van der Waals surface area contributed by atoms with Crippen molar-refractivity contribution in [2.45, 2.75) is 6.92 Å². The van der Waals surface area contributed by atoms with Crippen molar-refractivity contribution in [1.29, 1.82) is 0 Å². The predicted octanol–water partition coefficient (Wildman–Crippen LogP) is 3.42. The molecule has 0 aromatic heterocycles. The van der Waals surface area contributed by atoms with E-state index in [1.807, 2.05) is 0 Å². The number of carbonyl (C=O) groups is 2. The van der Waals surface area contributed by atoms with E-state index in [0.717, 1.165) is 12.1 Å². The highest BCUT2D eigenvalue weighted by atomic mass is 19.2. The topological polar surface area (TPSA) is 46.2 Å². The van der Waals surface area contributed by atoms with E-state index in [4.69, 9.17) is 0 Å². The van der Waals surface area contributed by atoms with Crippen molar-refractivity contribution in [3.63, 3.8) is 0 Å². The van der Waals surface area contributed by atoms with Crippen LogP contribution in [0.2, 0.25) is 0 Å². The molecule has 0 atom stereocenters. The van der Waals surface area contributed by atoms with Crippen molar-refractivity contribution in [3.8, 4) is 0 Å². The second kappa shape index (κ2) is 5.61. The first-order chi connectivity index (χ1) is 9.47. The average Bonchev–Trinajstić information content (AvgIpc) is 2.42. The van der Waals surface area contributed by atoms with Crippen molar-refractivity contribution in [3.05, 3.63) is 65.2 Å². The maximum absolute atomic E-state index is 13.0. The highest BCUT2D eigenvalue weighted by Crippen LogP contribution is 2.14. The number of carbonyl (C=O) groups excluding carboxylic acids is 2. The Morgan fingerprint density at radius 1 is 0.950 bits per heavy atom. The smallest absolute Gasteiger partial charge is 0.255 e. The van der Waals surface area contributed by atoms with E-state index in [0.29, 0.717) is 11.3 Å². The fourth-order valence-electron chi connectivity index (χ4n) is 1.66. The quantitative estimate of drug-likeness (QED) is 0.872. The lowest BCUT2D eigenvalue weighted by Crippen LogP contribution is -2.12. The molecular weight excluding hydrogens is 264 g/mol. The van der Waals surface area contributed by atoms with Gasteiger partial charge in [-0.3, -0.25) is 9.59 Å². The zero-order valence-electron chi connectivity index (χ0n) is 10.6. The Hall–Kier alpha value is -2.56. The Balaban J connectivity index is 2.21. The predicted molar refractivity (Wildman–Crippen MR) is 70.8 cm³/mol. The van der Waals surface area contributed by atoms with Gasteiger partial charge in [-0.25, -0.2) is 8.78 Å². The Kier molecular flexibility index (Phi) is 3.89. The molecule has 0 aliphatic rings. The van der Waals surface area contributed by atoms with Gasteiger partial charge in [0.05, 0.1) is 0 Å². The van der Waals surface area contributed by atoms with Crippen LogP contribution in [-0.4, -0.2) is 11.7 Å². The third kappa shape index (κ3) is 3.06. The number of hydrogen-bond acceptors (Lipinski definition) is 2. The van der Waals surface area contributed by atoms with E-state index in [-0.39, 0.29) is 11.3 Å². The summed E-state index contributed by atoms with van der Waals surface area (Å²) in [5.74, 6) is -2.81. The van der Waals surface area contributed by atoms with Crippen molar-refractivity contribution < 1.29 is 18.4 Å². The Morgan fingerprint density at radius 2 is 1.70 bits per heavy atom. The molecule has 0 heterocycles. The van der Waals surface area contributed by atoms with E-state index in [1.54, 1.807) is 18.2 Å². The standard InChI is InChI=1S/C15H11F2NO2/c1-9(19)10-3-2-4-12(7-10)18-15(20)11-5-6-13(16)14(17)8-11/h2-8H,1H3,(H,18,20). The van der Waals surface area contributed by atoms with Crippen LogP contribution in [0.25, 0.3) is 0 Å². The van der Waals surface area contributed by atoms with Crippen LogP contribution in [0.15, 0.2) is 42.5 Å². The van der Waals surface area contributed by atoms with Crippen molar-refractivity contribution >= 4 is 17.4 Å². The third-order valence-electron chi connectivity index (χ3n) is 2.71. The van der Waals surface area contributed by atoms with Gasteiger partial charge in [-0.15, -0.1) is 0 Å². The summed E-state index contributed by atoms with van der Waals surface area (Å²) in [4.78, 5) is 23.1. The third-order valence-corrected chi connectivity index (χ3v) is 2.71. The summed E-state index contributed by atoms with van der Waals surface area (Å²) in [5, 5.41) is 2.52. The number of hydrogen-bond donors (Lipinski definition) is 1. The molecule has 0 spiro atoms. The SMILES string of the molecule is CC(=O)c1cccc(NC(=O)c2ccc(F)c(F)c2)c1.